The minimum Gasteiger partial charge on any atom is -0.483 e. The van der Waals surface area contributed by atoms with Crippen molar-refractivity contribution in [2.75, 3.05) is 19.8 Å². The Kier molecular flexibility index (Phi) is 4.36. The average Bonchev–Trinajstić information content (AvgIpc) is 3.04. The third kappa shape index (κ3) is 3.52. The summed E-state index contributed by atoms with van der Waals surface area (Å²) in [6.07, 6.45) is 2.25. The maximum atomic E-state index is 11.8. The normalized spacial score (nSPS) is 17.8. The summed E-state index contributed by atoms with van der Waals surface area (Å²) in [5.41, 5.74) is 0. The number of nitrogens with one attached hydrogen (secondary N) is 1. The van der Waals surface area contributed by atoms with Crippen LogP contribution in [0.15, 0.2) is 42.5 Å². The van der Waals surface area contributed by atoms with Crippen molar-refractivity contribution in [2.24, 2.45) is 0 Å². The van der Waals surface area contributed by atoms with Crippen LogP contribution in [0.25, 0.3) is 10.8 Å². The lowest BCUT2D eigenvalue weighted by molar-refractivity contribution is -0.123. The first-order valence-corrected chi connectivity index (χ1v) is 7.32. The maximum Gasteiger partial charge on any atom is 0.258 e. The molecule has 2 aromatic carbocycles. The number of carbonyl (C=O) groups is 1. The minimum absolute atomic E-state index is 0.0285. The van der Waals surface area contributed by atoms with Crippen LogP contribution in [0.4, 0.5) is 0 Å². The smallest absolute Gasteiger partial charge is 0.258 e. The van der Waals surface area contributed by atoms with E-state index in [1.807, 2.05) is 42.5 Å². The summed E-state index contributed by atoms with van der Waals surface area (Å²) < 4.78 is 11.1. The van der Waals surface area contributed by atoms with Crippen molar-refractivity contribution in [1.82, 2.24) is 5.32 Å². The topological polar surface area (TPSA) is 47.6 Å². The van der Waals surface area contributed by atoms with Crippen LogP contribution >= 0.6 is 0 Å². The Labute approximate surface area is 124 Å². The Bertz CT molecular complexity index is 615. The monoisotopic (exact) mass is 285 g/mol. The van der Waals surface area contributed by atoms with Crippen molar-refractivity contribution in [2.45, 2.75) is 18.9 Å². The van der Waals surface area contributed by atoms with Gasteiger partial charge in [0.05, 0.1) is 6.10 Å². The summed E-state index contributed by atoms with van der Waals surface area (Å²) in [7, 11) is 0. The standard InChI is InChI=1S/C17H19NO3/c19-17(18-11-14-7-4-10-20-14)12-21-16-9-3-6-13-5-1-2-8-15(13)16/h1-3,5-6,8-9,14H,4,7,10-12H2,(H,18,19)/t14-/m1/s1. The van der Waals surface area contributed by atoms with E-state index in [4.69, 9.17) is 9.47 Å². The van der Waals surface area contributed by atoms with E-state index in [1.165, 1.54) is 0 Å². The van der Waals surface area contributed by atoms with Gasteiger partial charge in [-0.05, 0) is 24.3 Å². The largest absolute Gasteiger partial charge is 0.483 e. The molecule has 110 valence electrons. The van der Waals surface area contributed by atoms with Gasteiger partial charge in [0.2, 0.25) is 0 Å². The Morgan fingerprint density at radius 2 is 2.10 bits per heavy atom. The molecule has 0 radical (unpaired) electrons. The molecule has 4 nitrogen and oxygen atoms in total. The Morgan fingerprint density at radius 1 is 1.24 bits per heavy atom. The van der Waals surface area contributed by atoms with Gasteiger partial charge < -0.3 is 14.8 Å². The molecule has 1 amide bonds. The van der Waals surface area contributed by atoms with E-state index in [1.54, 1.807) is 0 Å². The fourth-order valence-corrected chi connectivity index (χ4v) is 2.55. The van der Waals surface area contributed by atoms with Gasteiger partial charge in [-0.1, -0.05) is 36.4 Å². The van der Waals surface area contributed by atoms with Gasteiger partial charge in [0.15, 0.2) is 6.61 Å². The number of carbonyl (C=O) groups excluding carboxylic acids is 1. The number of rotatable bonds is 5. The molecule has 2 aromatic rings. The zero-order valence-corrected chi connectivity index (χ0v) is 11.9. The quantitative estimate of drug-likeness (QED) is 0.918. The lowest BCUT2D eigenvalue weighted by atomic mass is 10.1. The number of hydrogen-bond donors (Lipinski definition) is 1. The van der Waals surface area contributed by atoms with Crippen LogP contribution in [0.3, 0.4) is 0 Å². The average molecular weight is 285 g/mol. The highest BCUT2D eigenvalue weighted by molar-refractivity contribution is 5.88. The van der Waals surface area contributed by atoms with Crippen LogP contribution in [0.5, 0.6) is 5.75 Å². The number of ether oxygens (including phenoxy) is 2. The first-order chi connectivity index (χ1) is 10.3. The Balaban J connectivity index is 1.54. The molecule has 0 saturated carbocycles. The molecule has 0 bridgehead atoms. The maximum absolute atomic E-state index is 11.8. The SMILES string of the molecule is O=C(COc1cccc2ccccc12)NC[C@H]1CCCO1. The Hall–Kier alpha value is -2.07. The lowest BCUT2D eigenvalue weighted by Crippen LogP contribution is -2.35. The lowest BCUT2D eigenvalue weighted by Gasteiger charge is -2.12. The molecule has 0 spiro atoms. The summed E-state index contributed by atoms with van der Waals surface area (Å²) in [5, 5.41) is 4.98. The van der Waals surface area contributed by atoms with E-state index in [0.717, 1.165) is 36.0 Å². The molecular formula is C17H19NO3. The summed E-state index contributed by atoms with van der Waals surface area (Å²) in [5.74, 6) is 0.624. The number of hydrogen-bond acceptors (Lipinski definition) is 3. The van der Waals surface area contributed by atoms with E-state index in [-0.39, 0.29) is 18.6 Å². The van der Waals surface area contributed by atoms with Crippen molar-refractivity contribution in [1.29, 1.82) is 0 Å². The van der Waals surface area contributed by atoms with E-state index in [2.05, 4.69) is 5.32 Å². The molecule has 1 aliphatic rings. The third-order valence-electron chi connectivity index (χ3n) is 3.66. The van der Waals surface area contributed by atoms with E-state index in [9.17, 15) is 4.79 Å². The van der Waals surface area contributed by atoms with Crippen molar-refractivity contribution in [3.63, 3.8) is 0 Å². The molecule has 1 heterocycles. The van der Waals surface area contributed by atoms with E-state index < -0.39 is 0 Å². The minimum atomic E-state index is -0.113. The van der Waals surface area contributed by atoms with Crippen LogP contribution < -0.4 is 10.1 Å². The highest BCUT2D eigenvalue weighted by Crippen LogP contribution is 2.24. The van der Waals surface area contributed by atoms with Crippen molar-refractivity contribution < 1.29 is 14.3 Å². The second-order valence-corrected chi connectivity index (χ2v) is 5.21. The Morgan fingerprint density at radius 3 is 2.95 bits per heavy atom. The zero-order chi connectivity index (χ0) is 14.5. The van der Waals surface area contributed by atoms with Crippen molar-refractivity contribution >= 4 is 16.7 Å². The highest BCUT2D eigenvalue weighted by atomic mass is 16.5. The van der Waals surface area contributed by atoms with Crippen LogP contribution in [-0.2, 0) is 9.53 Å². The fourth-order valence-electron chi connectivity index (χ4n) is 2.55. The molecule has 0 aliphatic carbocycles. The molecule has 3 rings (SSSR count). The zero-order valence-electron chi connectivity index (χ0n) is 11.9. The van der Waals surface area contributed by atoms with Crippen molar-refractivity contribution in [3.8, 4) is 5.75 Å². The van der Waals surface area contributed by atoms with Gasteiger partial charge in [0, 0.05) is 18.5 Å². The fraction of sp³-hybridized carbons (Fsp3) is 0.353. The molecule has 1 atom stereocenters. The molecule has 21 heavy (non-hydrogen) atoms. The third-order valence-corrected chi connectivity index (χ3v) is 3.66. The molecule has 1 saturated heterocycles. The summed E-state index contributed by atoms with van der Waals surface area (Å²) >= 11 is 0. The highest BCUT2D eigenvalue weighted by Gasteiger charge is 2.16. The second kappa shape index (κ2) is 6.59. The predicted octanol–water partition coefficient (Wildman–Crippen LogP) is 2.51. The molecule has 4 heteroatoms. The first kappa shape index (κ1) is 13.9. The summed E-state index contributed by atoms with van der Waals surface area (Å²) in [6, 6.07) is 13.8. The van der Waals surface area contributed by atoms with Crippen molar-refractivity contribution in [3.05, 3.63) is 42.5 Å². The van der Waals surface area contributed by atoms with Gasteiger partial charge >= 0.3 is 0 Å². The van der Waals surface area contributed by atoms with Gasteiger partial charge in [0.1, 0.15) is 5.75 Å². The van der Waals surface area contributed by atoms with E-state index in [0.29, 0.717) is 6.54 Å². The van der Waals surface area contributed by atoms with Gasteiger partial charge in [-0.15, -0.1) is 0 Å². The van der Waals surface area contributed by atoms with Crippen LogP contribution in [0, 0.1) is 0 Å². The van der Waals surface area contributed by atoms with Gasteiger partial charge in [-0.2, -0.15) is 0 Å². The molecule has 0 aromatic heterocycles. The first-order valence-electron chi connectivity index (χ1n) is 7.32. The second-order valence-electron chi connectivity index (χ2n) is 5.21. The molecule has 1 N–H and O–H groups in total. The van der Waals surface area contributed by atoms with Crippen LogP contribution in [0.2, 0.25) is 0 Å². The number of fused-ring (bicyclic) bond motifs is 1. The molecule has 1 fully saturated rings. The van der Waals surface area contributed by atoms with Gasteiger partial charge in [0.25, 0.3) is 5.91 Å². The van der Waals surface area contributed by atoms with Crippen LogP contribution in [-0.4, -0.2) is 31.8 Å². The van der Waals surface area contributed by atoms with Gasteiger partial charge in [-0.25, -0.2) is 0 Å². The molecular weight excluding hydrogens is 266 g/mol. The van der Waals surface area contributed by atoms with Gasteiger partial charge in [-0.3, -0.25) is 4.79 Å². The van der Waals surface area contributed by atoms with Crippen LogP contribution in [0.1, 0.15) is 12.8 Å². The predicted molar refractivity (Wildman–Crippen MR) is 81.4 cm³/mol. The molecule has 1 aliphatic heterocycles. The summed E-state index contributed by atoms with van der Waals surface area (Å²) in [4.78, 5) is 11.8. The van der Waals surface area contributed by atoms with E-state index >= 15 is 0 Å². The number of amides is 1. The molecule has 0 unspecified atom stereocenters. The summed E-state index contributed by atoms with van der Waals surface area (Å²) in [6.45, 7) is 1.39. The number of benzene rings is 2.